The average Bonchev–Trinajstić information content (AvgIpc) is 3.31. The molecular weight excluding hydrogens is 369 g/mol. The second kappa shape index (κ2) is 7.12. The van der Waals surface area contributed by atoms with Crippen molar-refractivity contribution in [1.29, 1.82) is 0 Å². The summed E-state index contributed by atoms with van der Waals surface area (Å²) >= 11 is 6.13. The molecular formula is C20H17ClFN3O2. The lowest BCUT2D eigenvalue weighted by Gasteiger charge is -2.17. The number of halogens is 2. The number of carbonyl (C=O) groups excluding carboxylic acids is 1. The third-order valence-electron chi connectivity index (χ3n) is 4.74. The van der Waals surface area contributed by atoms with Crippen LogP contribution in [0.3, 0.4) is 0 Å². The smallest absolute Gasteiger partial charge is 0.257 e. The predicted molar refractivity (Wildman–Crippen MR) is 100 cm³/mol. The van der Waals surface area contributed by atoms with Gasteiger partial charge < -0.3 is 9.42 Å². The Morgan fingerprint density at radius 3 is 2.78 bits per heavy atom. The predicted octanol–water partition coefficient (Wildman–Crippen LogP) is 4.61. The number of amides is 1. The van der Waals surface area contributed by atoms with Crippen molar-refractivity contribution in [2.24, 2.45) is 0 Å². The lowest BCUT2D eigenvalue weighted by atomic mass is 10.1. The Kier molecular flexibility index (Phi) is 4.66. The number of hydrogen-bond acceptors (Lipinski definition) is 4. The zero-order valence-corrected chi connectivity index (χ0v) is 15.4. The van der Waals surface area contributed by atoms with Crippen molar-refractivity contribution in [3.8, 4) is 11.5 Å². The Labute approximate surface area is 160 Å². The second-order valence-electron chi connectivity index (χ2n) is 6.51. The highest BCUT2D eigenvalue weighted by Gasteiger charge is 2.35. The fourth-order valence-corrected chi connectivity index (χ4v) is 3.43. The Hall–Kier alpha value is -2.73. The van der Waals surface area contributed by atoms with Crippen molar-refractivity contribution in [2.45, 2.75) is 25.7 Å². The molecule has 2 aromatic carbocycles. The van der Waals surface area contributed by atoms with Gasteiger partial charge in [0.15, 0.2) is 5.82 Å². The summed E-state index contributed by atoms with van der Waals surface area (Å²) in [7, 11) is 0. The van der Waals surface area contributed by atoms with Crippen LogP contribution in [0.2, 0.25) is 5.02 Å². The zero-order valence-electron chi connectivity index (χ0n) is 14.7. The van der Waals surface area contributed by atoms with Crippen LogP contribution in [0, 0.1) is 5.82 Å². The first kappa shape index (κ1) is 17.7. The largest absolute Gasteiger partial charge is 0.334 e. The van der Waals surface area contributed by atoms with Gasteiger partial charge in [0, 0.05) is 24.4 Å². The van der Waals surface area contributed by atoms with E-state index in [0.29, 0.717) is 29.0 Å². The number of aromatic nitrogens is 2. The molecule has 3 aromatic rings. The number of carbonyl (C=O) groups is 1. The molecule has 7 heteroatoms. The topological polar surface area (TPSA) is 59.2 Å². The number of aryl methyl sites for hydroxylation is 1. The van der Waals surface area contributed by atoms with E-state index in [-0.39, 0.29) is 18.2 Å². The van der Waals surface area contributed by atoms with E-state index < -0.39 is 5.82 Å². The van der Waals surface area contributed by atoms with E-state index in [1.54, 1.807) is 0 Å². The van der Waals surface area contributed by atoms with Crippen molar-refractivity contribution >= 4 is 23.2 Å². The fourth-order valence-electron chi connectivity index (χ4n) is 3.21. The van der Waals surface area contributed by atoms with Gasteiger partial charge in [-0.2, -0.15) is 4.98 Å². The third kappa shape index (κ3) is 3.45. The van der Waals surface area contributed by atoms with E-state index in [0.717, 1.165) is 12.0 Å². The molecule has 1 aliphatic heterocycles. The maximum atomic E-state index is 13.6. The van der Waals surface area contributed by atoms with Crippen LogP contribution < -0.4 is 4.90 Å². The van der Waals surface area contributed by atoms with Crippen molar-refractivity contribution in [2.75, 3.05) is 11.4 Å². The molecule has 1 aliphatic rings. The molecule has 0 aliphatic carbocycles. The van der Waals surface area contributed by atoms with E-state index in [4.69, 9.17) is 16.1 Å². The van der Waals surface area contributed by atoms with Gasteiger partial charge in [0.25, 0.3) is 5.89 Å². The van der Waals surface area contributed by atoms with Crippen LogP contribution in [0.1, 0.15) is 30.7 Å². The first-order valence-electron chi connectivity index (χ1n) is 8.73. The summed E-state index contributed by atoms with van der Waals surface area (Å²) in [6.07, 6.45) is 1.18. The Morgan fingerprint density at radius 1 is 1.26 bits per heavy atom. The summed E-state index contributed by atoms with van der Waals surface area (Å²) in [5.74, 6) is 0.0636. The van der Waals surface area contributed by atoms with Crippen molar-refractivity contribution in [3.63, 3.8) is 0 Å². The Morgan fingerprint density at radius 2 is 2.04 bits per heavy atom. The fraction of sp³-hybridized carbons (Fsp3) is 0.250. The molecule has 27 heavy (non-hydrogen) atoms. The van der Waals surface area contributed by atoms with Gasteiger partial charge in [-0.05, 0) is 42.3 Å². The van der Waals surface area contributed by atoms with E-state index in [1.807, 2.05) is 24.3 Å². The van der Waals surface area contributed by atoms with Crippen LogP contribution in [-0.4, -0.2) is 22.6 Å². The third-order valence-corrected chi connectivity index (χ3v) is 5.06. The molecule has 1 amide bonds. The minimum absolute atomic E-state index is 0.147. The minimum atomic E-state index is -0.442. The highest BCUT2D eigenvalue weighted by atomic mass is 35.5. The maximum absolute atomic E-state index is 13.6. The van der Waals surface area contributed by atoms with Crippen LogP contribution in [0.5, 0.6) is 0 Å². The molecule has 1 saturated heterocycles. The monoisotopic (exact) mass is 385 g/mol. The number of nitrogens with zero attached hydrogens (tertiary/aromatic N) is 3. The van der Waals surface area contributed by atoms with E-state index in [2.05, 4.69) is 17.1 Å². The quantitative estimate of drug-likeness (QED) is 0.658. The van der Waals surface area contributed by atoms with Crippen LogP contribution in [-0.2, 0) is 11.2 Å². The number of hydrogen-bond donors (Lipinski definition) is 0. The first-order chi connectivity index (χ1) is 13.0. The summed E-state index contributed by atoms with van der Waals surface area (Å²) in [4.78, 5) is 18.4. The van der Waals surface area contributed by atoms with E-state index in [9.17, 15) is 9.18 Å². The van der Waals surface area contributed by atoms with Gasteiger partial charge in [0.2, 0.25) is 5.91 Å². The Balaban J connectivity index is 1.56. The van der Waals surface area contributed by atoms with Crippen LogP contribution >= 0.6 is 11.6 Å². The van der Waals surface area contributed by atoms with E-state index in [1.165, 1.54) is 28.7 Å². The molecule has 2 heterocycles. The molecule has 1 unspecified atom stereocenters. The van der Waals surface area contributed by atoms with Gasteiger partial charge in [-0.15, -0.1) is 0 Å². The van der Waals surface area contributed by atoms with Gasteiger partial charge in [-0.1, -0.05) is 35.8 Å². The molecule has 1 atom stereocenters. The molecule has 0 saturated carbocycles. The van der Waals surface area contributed by atoms with Crippen LogP contribution in [0.4, 0.5) is 10.1 Å². The minimum Gasteiger partial charge on any atom is -0.334 e. The molecule has 1 aromatic heterocycles. The second-order valence-corrected chi connectivity index (χ2v) is 6.92. The Bertz CT molecular complexity index is 987. The van der Waals surface area contributed by atoms with Gasteiger partial charge in [-0.25, -0.2) is 4.39 Å². The molecule has 138 valence electrons. The standard InChI is InChI=1S/C20H17ClFN3O2/c1-2-12-3-5-13(6-4-12)20-23-19(24-27-20)14-9-18(26)25(11-14)17-10-15(22)7-8-16(17)21/h3-8,10,14H,2,9,11H2,1H3. The molecule has 1 fully saturated rings. The normalized spacial score (nSPS) is 16.9. The lowest BCUT2D eigenvalue weighted by molar-refractivity contribution is -0.117. The van der Waals surface area contributed by atoms with Crippen molar-refractivity contribution < 1.29 is 13.7 Å². The summed E-state index contributed by atoms with van der Waals surface area (Å²) in [6, 6.07) is 11.9. The lowest BCUT2D eigenvalue weighted by Crippen LogP contribution is -2.24. The highest BCUT2D eigenvalue weighted by Crippen LogP contribution is 2.35. The van der Waals surface area contributed by atoms with Gasteiger partial charge in [0.1, 0.15) is 5.82 Å². The van der Waals surface area contributed by atoms with Crippen molar-refractivity contribution in [1.82, 2.24) is 10.1 Å². The molecule has 0 N–H and O–H groups in total. The van der Waals surface area contributed by atoms with Gasteiger partial charge in [0.05, 0.1) is 10.7 Å². The maximum Gasteiger partial charge on any atom is 0.257 e. The van der Waals surface area contributed by atoms with Gasteiger partial charge in [-0.3, -0.25) is 4.79 Å². The summed E-state index contributed by atoms with van der Waals surface area (Å²) < 4.78 is 18.9. The molecule has 4 rings (SSSR count). The average molecular weight is 386 g/mol. The summed E-state index contributed by atoms with van der Waals surface area (Å²) in [6.45, 7) is 2.42. The number of rotatable bonds is 4. The molecule has 0 bridgehead atoms. The summed E-state index contributed by atoms with van der Waals surface area (Å²) in [5, 5.41) is 4.38. The van der Waals surface area contributed by atoms with E-state index >= 15 is 0 Å². The first-order valence-corrected chi connectivity index (χ1v) is 9.11. The molecule has 0 spiro atoms. The van der Waals surface area contributed by atoms with Crippen LogP contribution in [0.15, 0.2) is 47.0 Å². The SMILES string of the molecule is CCc1ccc(-c2nc(C3CC(=O)N(c4cc(F)ccc4Cl)C3)no2)cc1. The van der Waals surface area contributed by atoms with Gasteiger partial charge >= 0.3 is 0 Å². The zero-order chi connectivity index (χ0) is 19.0. The highest BCUT2D eigenvalue weighted by molar-refractivity contribution is 6.33. The number of benzene rings is 2. The molecule has 5 nitrogen and oxygen atoms in total. The van der Waals surface area contributed by atoms with Crippen molar-refractivity contribution in [3.05, 3.63) is 64.7 Å². The number of anilines is 1. The summed E-state index contributed by atoms with van der Waals surface area (Å²) in [5.41, 5.74) is 2.42. The molecule has 0 radical (unpaired) electrons. The van der Waals surface area contributed by atoms with Crippen LogP contribution in [0.25, 0.3) is 11.5 Å².